The van der Waals surface area contributed by atoms with Crippen LogP contribution in [0.4, 0.5) is 13.2 Å². The molecular weight excluding hydrogens is 363 g/mol. The lowest BCUT2D eigenvalue weighted by Gasteiger charge is -2.33. The molecule has 2 heterocycles. The standard InChI is InChI=1S/C18H22F3N3OS/c1-2-23-7-9-24(10-8-23)11-15-16(12-25)26-17(22-15)13-3-5-14(6-4-13)18(19,20)21/h3-6,25H,2,7-12H2,1H3. The van der Waals surface area contributed by atoms with E-state index in [0.717, 1.165) is 55.4 Å². The van der Waals surface area contributed by atoms with Crippen molar-refractivity contribution in [2.75, 3.05) is 32.7 Å². The van der Waals surface area contributed by atoms with Crippen molar-refractivity contribution in [3.8, 4) is 10.6 Å². The van der Waals surface area contributed by atoms with Gasteiger partial charge in [0, 0.05) is 38.3 Å². The molecule has 0 atom stereocenters. The van der Waals surface area contributed by atoms with Crippen LogP contribution in [-0.2, 0) is 19.3 Å². The van der Waals surface area contributed by atoms with Gasteiger partial charge in [-0.2, -0.15) is 13.2 Å². The van der Waals surface area contributed by atoms with Gasteiger partial charge in [-0.15, -0.1) is 11.3 Å². The highest BCUT2D eigenvalue weighted by Gasteiger charge is 2.30. The molecule has 8 heteroatoms. The third kappa shape index (κ3) is 4.43. The van der Waals surface area contributed by atoms with Crippen LogP contribution in [0.1, 0.15) is 23.1 Å². The molecule has 0 aliphatic carbocycles. The van der Waals surface area contributed by atoms with Gasteiger partial charge in [0.15, 0.2) is 0 Å². The molecule has 142 valence electrons. The van der Waals surface area contributed by atoms with Gasteiger partial charge in [-0.1, -0.05) is 19.1 Å². The van der Waals surface area contributed by atoms with Gasteiger partial charge >= 0.3 is 6.18 Å². The Kier molecular flexibility index (Phi) is 5.96. The molecule has 0 unspecified atom stereocenters. The largest absolute Gasteiger partial charge is 0.416 e. The summed E-state index contributed by atoms with van der Waals surface area (Å²) >= 11 is 1.34. The Morgan fingerprint density at radius 2 is 1.69 bits per heavy atom. The number of alkyl halides is 3. The Morgan fingerprint density at radius 1 is 1.08 bits per heavy atom. The van der Waals surface area contributed by atoms with E-state index in [0.29, 0.717) is 17.1 Å². The molecule has 1 aromatic heterocycles. The summed E-state index contributed by atoms with van der Waals surface area (Å²) in [6.45, 7) is 7.67. The van der Waals surface area contributed by atoms with E-state index < -0.39 is 11.7 Å². The SMILES string of the molecule is CCN1CCN(Cc2nc(-c3ccc(C(F)(F)F)cc3)sc2CO)CC1. The van der Waals surface area contributed by atoms with Crippen molar-refractivity contribution in [1.82, 2.24) is 14.8 Å². The number of aliphatic hydroxyl groups excluding tert-OH is 1. The Hall–Kier alpha value is -1.48. The molecule has 4 nitrogen and oxygen atoms in total. The first kappa shape index (κ1) is 19.3. The van der Waals surface area contributed by atoms with E-state index in [4.69, 9.17) is 0 Å². The van der Waals surface area contributed by atoms with Gasteiger partial charge in [0.25, 0.3) is 0 Å². The van der Waals surface area contributed by atoms with E-state index in [1.807, 2.05) is 0 Å². The number of halogens is 3. The predicted octanol–water partition coefficient (Wildman–Crippen LogP) is 3.46. The quantitative estimate of drug-likeness (QED) is 0.856. The van der Waals surface area contributed by atoms with E-state index in [9.17, 15) is 18.3 Å². The fourth-order valence-electron chi connectivity index (χ4n) is 3.03. The Balaban J connectivity index is 1.74. The molecule has 1 aromatic carbocycles. The summed E-state index contributed by atoms with van der Waals surface area (Å²) in [7, 11) is 0. The number of hydrogen-bond acceptors (Lipinski definition) is 5. The van der Waals surface area contributed by atoms with E-state index in [-0.39, 0.29) is 6.61 Å². The third-order valence-corrected chi connectivity index (χ3v) is 5.80. The minimum Gasteiger partial charge on any atom is -0.391 e. The van der Waals surface area contributed by atoms with E-state index in [1.165, 1.54) is 23.5 Å². The number of aromatic nitrogens is 1. The number of piperazine rings is 1. The lowest BCUT2D eigenvalue weighted by atomic mass is 10.1. The van der Waals surface area contributed by atoms with Crippen LogP contribution in [0.3, 0.4) is 0 Å². The minimum atomic E-state index is -4.34. The summed E-state index contributed by atoms with van der Waals surface area (Å²) in [5, 5.41) is 10.3. The second-order valence-corrected chi connectivity index (χ2v) is 7.42. The zero-order valence-electron chi connectivity index (χ0n) is 14.6. The highest BCUT2D eigenvalue weighted by atomic mass is 32.1. The molecule has 0 amide bonds. The molecule has 0 saturated carbocycles. The minimum absolute atomic E-state index is 0.109. The van der Waals surface area contributed by atoms with E-state index >= 15 is 0 Å². The summed E-state index contributed by atoms with van der Waals surface area (Å²) in [5.74, 6) is 0. The lowest BCUT2D eigenvalue weighted by molar-refractivity contribution is -0.137. The topological polar surface area (TPSA) is 39.6 Å². The molecule has 2 aromatic rings. The first-order valence-electron chi connectivity index (χ1n) is 8.62. The van der Waals surface area contributed by atoms with Crippen molar-refractivity contribution in [3.05, 3.63) is 40.4 Å². The molecule has 0 bridgehead atoms. The monoisotopic (exact) mass is 385 g/mol. The number of thiazole rings is 1. The average Bonchev–Trinajstić information content (AvgIpc) is 3.04. The first-order valence-corrected chi connectivity index (χ1v) is 9.44. The highest BCUT2D eigenvalue weighted by Crippen LogP contribution is 2.33. The first-order chi connectivity index (χ1) is 12.4. The summed E-state index contributed by atoms with van der Waals surface area (Å²) < 4.78 is 38.1. The van der Waals surface area contributed by atoms with Crippen molar-refractivity contribution >= 4 is 11.3 Å². The molecule has 1 fully saturated rings. The molecular formula is C18H22F3N3OS. The van der Waals surface area contributed by atoms with Crippen LogP contribution in [0, 0.1) is 0 Å². The number of benzene rings is 1. The molecule has 1 aliphatic rings. The molecule has 1 N–H and O–H groups in total. The number of rotatable bonds is 5. The average molecular weight is 385 g/mol. The van der Waals surface area contributed by atoms with Gasteiger partial charge in [0.05, 0.1) is 22.7 Å². The van der Waals surface area contributed by atoms with E-state index in [2.05, 4.69) is 21.7 Å². The van der Waals surface area contributed by atoms with Crippen LogP contribution < -0.4 is 0 Å². The van der Waals surface area contributed by atoms with E-state index in [1.54, 1.807) is 0 Å². The highest BCUT2D eigenvalue weighted by molar-refractivity contribution is 7.15. The molecule has 26 heavy (non-hydrogen) atoms. The van der Waals surface area contributed by atoms with Gasteiger partial charge in [0.2, 0.25) is 0 Å². The van der Waals surface area contributed by atoms with Crippen molar-refractivity contribution in [2.24, 2.45) is 0 Å². The van der Waals surface area contributed by atoms with Crippen molar-refractivity contribution in [2.45, 2.75) is 26.3 Å². The van der Waals surface area contributed by atoms with Crippen LogP contribution in [0.2, 0.25) is 0 Å². The van der Waals surface area contributed by atoms with Gasteiger partial charge in [-0.3, -0.25) is 4.90 Å². The maximum atomic E-state index is 12.7. The third-order valence-electron chi connectivity index (χ3n) is 4.67. The summed E-state index contributed by atoms with van der Waals surface area (Å²) in [4.78, 5) is 10.1. The van der Waals surface area contributed by atoms with Crippen molar-refractivity contribution < 1.29 is 18.3 Å². The van der Waals surface area contributed by atoms with Crippen molar-refractivity contribution in [3.63, 3.8) is 0 Å². The lowest BCUT2D eigenvalue weighted by Crippen LogP contribution is -2.45. The maximum absolute atomic E-state index is 12.7. The molecule has 1 aliphatic heterocycles. The smallest absolute Gasteiger partial charge is 0.391 e. The Labute approximate surface area is 154 Å². The molecule has 3 rings (SSSR count). The van der Waals surface area contributed by atoms with Gasteiger partial charge in [-0.25, -0.2) is 4.98 Å². The Morgan fingerprint density at radius 3 is 2.23 bits per heavy atom. The van der Waals surface area contributed by atoms with Gasteiger partial charge < -0.3 is 10.0 Å². The fourth-order valence-corrected chi connectivity index (χ4v) is 3.97. The second-order valence-electron chi connectivity index (χ2n) is 6.33. The fraction of sp³-hybridized carbons (Fsp3) is 0.500. The van der Waals surface area contributed by atoms with Gasteiger partial charge in [0.1, 0.15) is 5.01 Å². The molecule has 0 spiro atoms. The van der Waals surface area contributed by atoms with Crippen LogP contribution >= 0.6 is 11.3 Å². The number of aliphatic hydroxyl groups is 1. The zero-order chi connectivity index (χ0) is 18.7. The van der Waals surface area contributed by atoms with Crippen molar-refractivity contribution in [1.29, 1.82) is 0 Å². The number of hydrogen-bond donors (Lipinski definition) is 1. The number of likely N-dealkylation sites (N-methyl/N-ethyl adjacent to an activating group) is 1. The molecule has 1 saturated heterocycles. The normalized spacial score (nSPS) is 17.0. The summed E-state index contributed by atoms with van der Waals surface area (Å²) in [5.41, 5.74) is 0.784. The second kappa shape index (κ2) is 8.04. The number of nitrogens with zero attached hydrogens (tertiary/aromatic N) is 3. The van der Waals surface area contributed by atoms with Crippen LogP contribution in [0.5, 0.6) is 0 Å². The van der Waals surface area contributed by atoms with Crippen LogP contribution in [-0.4, -0.2) is 52.6 Å². The Bertz CT molecular complexity index is 722. The maximum Gasteiger partial charge on any atom is 0.416 e. The van der Waals surface area contributed by atoms with Crippen LogP contribution in [0.15, 0.2) is 24.3 Å². The van der Waals surface area contributed by atoms with Crippen LogP contribution in [0.25, 0.3) is 10.6 Å². The summed E-state index contributed by atoms with van der Waals surface area (Å²) in [6, 6.07) is 5.01. The van der Waals surface area contributed by atoms with Gasteiger partial charge in [-0.05, 0) is 18.7 Å². The molecule has 0 radical (unpaired) electrons. The predicted molar refractivity (Wildman–Crippen MR) is 95.9 cm³/mol. The summed E-state index contributed by atoms with van der Waals surface area (Å²) in [6.07, 6.45) is -4.34. The zero-order valence-corrected chi connectivity index (χ0v) is 15.4.